The van der Waals surface area contributed by atoms with Crippen molar-refractivity contribution in [3.63, 3.8) is 0 Å². The van der Waals surface area contributed by atoms with E-state index >= 15 is 0 Å². The van der Waals surface area contributed by atoms with Gasteiger partial charge in [-0.1, -0.05) is 66.7 Å². The Hall–Kier alpha value is -4.79. The number of carbonyl (C=O) groups excluding carboxylic acids is 3. The molecule has 0 saturated carbocycles. The molecule has 9 heteroatoms. The van der Waals surface area contributed by atoms with Crippen molar-refractivity contribution in [1.82, 2.24) is 20.2 Å². The van der Waals surface area contributed by atoms with Gasteiger partial charge >= 0.3 is 6.09 Å². The lowest BCUT2D eigenvalue weighted by Gasteiger charge is -2.35. The number of nitrogens with zero attached hydrogens (tertiary/aromatic N) is 3. The summed E-state index contributed by atoms with van der Waals surface area (Å²) in [5.74, 6) is -1.20. The van der Waals surface area contributed by atoms with Gasteiger partial charge in [0, 0.05) is 19.0 Å². The minimum absolute atomic E-state index is 0.0701. The third-order valence-electron chi connectivity index (χ3n) is 6.56. The van der Waals surface area contributed by atoms with Gasteiger partial charge in [-0.25, -0.2) is 9.78 Å². The Morgan fingerprint density at radius 3 is 2.39 bits per heavy atom. The Labute approximate surface area is 219 Å². The Morgan fingerprint density at radius 1 is 0.947 bits per heavy atom. The molecule has 0 aliphatic carbocycles. The van der Waals surface area contributed by atoms with Crippen LogP contribution in [0.25, 0.3) is 11.0 Å². The molecule has 3 amide bonds. The Bertz CT molecular complexity index is 1480. The number of fused-ring (bicyclic) bond motifs is 2. The van der Waals surface area contributed by atoms with Crippen LogP contribution in [0, 0.1) is 0 Å². The molecule has 0 fully saturated rings. The summed E-state index contributed by atoms with van der Waals surface area (Å²) in [6.07, 6.45) is 1.30. The van der Waals surface area contributed by atoms with Crippen LogP contribution in [0.1, 0.15) is 22.4 Å². The van der Waals surface area contributed by atoms with Crippen molar-refractivity contribution in [3.8, 4) is 0 Å². The van der Waals surface area contributed by atoms with Gasteiger partial charge in [0.05, 0.1) is 23.3 Å². The number of primary amides is 1. The average molecular weight is 510 g/mol. The fourth-order valence-corrected chi connectivity index (χ4v) is 4.55. The number of nitrogens with two attached hydrogens (primary N) is 1. The third-order valence-corrected chi connectivity index (χ3v) is 6.56. The van der Waals surface area contributed by atoms with Crippen molar-refractivity contribution in [3.05, 3.63) is 107 Å². The van der Waals surface area contributed by atoms with Crippen molar-refractivity contribution in [2.24, 2.45) is 5.73 Å². The van der Waals surface area contributed by atoms with Gasteiger partial charge < -0.3 is 15.8 Å². The minimum Gasteiger partial charge on any atom is -0.445 e. The average Bonchev–Trinajstić information content (AvgIpc) is 2.95. The third kappa shape index (κ3) is 5.62. The van der Waals surface area contributed by atoms with E-state index in [-0.39, 0.29) is 26.0 Å². The van der Waals surface area contributed by atoms with Crippen molar-refractivity contribution in [2.45, 2.75) is 38.1 Å². The van der Waals surface area contributed by atoms with Crippen molar-refractivity contribution in [2.75, 3.05) is 0 Å². The van der Waals surface area contributed by atoms with Gasteiger partial charge in [0.15, 0.2) is 0 Å². The van der Waals surface area contributed by atoms with Gasteiger partial charge in [-0.3, -0.25) is 19.5 Å². The van der Waals surface area contributed by atoms with E-state index in [1.807, 2.05) is 78.9 Å². The molecule has 0 unspecified atom stereocenters. The van der Waals surface area contributed by atoms with E-state index in [2.05, 4.69) is 15.3 Å². The highest BCUT2D eigenvalue weighted by Gasteiger charge is 2.37. The minimum atomic E-state index is -1.03. The number of nitrogens with one attached hydrogen (secondary N) is 1. The van der Waals surface area contributed by atoms with Gasteiger partial charge in [0.1, 0.15) is 18.7 Å². The van der Waals surface area contributed by atoms with Crippen molar-refractivity contribution < 1.29 is 19.1 Å². The van der Waals surface area contributed by atoms with Crippen LogP contribution < -0.4 is 11.1 Å². The van der Waals surface area contributed by atoms with Gasteiger partial charge in [0.2, 0.25) is 11.8 Å². The second kappa shape index (κ2) is 11.1. The summed E-state index contributed by atoms with van der Waals surface area (Å²) in [4.78, 5) is 49.3. The van der Waals surface area contributed by atoms with Gasteiger partial charge in [-0.15, -0.1) is 0 Å². The van der Waals surface area contributed by atoms with E-state index in [1.165, 1.54) is 4.90 Å². The largest absolute Gasteiger partial charge is 0.445 e. The molecule has 9 nitrogen and oxygen atoms in total. The van der Waals surface area contributed by atoms with Gasteiger partial charge in [0.25, 0.3) is 0 Å². The van der Waals surface area contributed by atoms with E-state index < -0.39 is 30.0 Å². The van der Waals surface area contributed by atoms with Gasteiger partial charge in [-0.2, -0.15) is 0 Å². The number of benzene rings is 3. The van der Waals surface area contributed by atoms with E-state index in [4.69, 9.17) is 10.5 Å². The van der Waals surface area contributed by atoms with E-state index in [0.29, 0.717) is 11.2 Å². The normalized spacial score (nSPS) is 15.4. The molecule has 4 aromatic rings. The maximum absolute atomic E-state index is 13.5. The summed E-state index contributed by atoms with van der Waals surface area (Å²) in [7, 11) is 0. The molecule has 38 heavy (non-hydrogen) atoms. The SMILES string of the molecule is NC(=O)[C@H](Cc1cnc2ccccc2n1)NC(=O)[C@@H]1Cc2ccccc2CN1C(=O)OCc1ccccc1. The predicted molar refractivity (Wildman–Crippen MR) is 140 cm³/mol. The lowest BCUT2D eigenvalue weighted by molar-refractivity contribution is -0.131. The number of rotatable bonds is 7. The van der Waals surface area contributed by atoms with E-state index in [0.717, 1.165) is 22.2 Å². The fourth-order valence-electron chi connectivity index (χ4n) is 4.55. The van der Waals surface area contributed by atoms with Crippen LogP contribution in [0.3, 0.4) is 0 Å². The number of hydrogen-bond acceptors (Lipinski definition) is 6. The lowest BCUT2D eigenvalue weighted by Crippen LogP contribution is -2.56. The Kier molecular flexibility index (Phi) is 7.26. The first-order valence-electron chi connectivity index (χ1n) is 12.3. The maximum Gasteiger partial charge on any atom is 0.411 e. The van der Waals surface area contributed by atoms with Gasteiger partial charge in [-0.05, 0) is 28.8 Å². The fraction of sp³-hybridized carbons (Fsp3) is 0.207. The molecule has 5 rings (SSSR count). The molecule has 192 valence electrons. The standard InChI is InChI=1S/C29H27N5O4/c30-27(35)25(15-22-16-31-23-12-6-7-13-24(23)32-22)33-28(36)26-14-20-10-4-5-11-21(20)17-34(26)29(37)38-18-19-8-2-1-3-9-19/h1-13,16,25-26H,14-15,17-18H2,(H2,30,35)(H,33,36)/t25-,26-/m0/s1. The molecule has 1 aliphatic rings. The first-order chi connectivity index (χ1) is 18.5. The summed E-state index contributed by atoms with van der Waals surface area (Å²) < 4.78 is 5.55. The zero-order chi connectivity index (χ0) is 26.5. The van der Waals surface area contributed by atoms with Crippen LogP contribution >= 0.6 is 0 Å². The molecule has 0 spiro atoms. The molecule has 0 radical (unpaired) electrons. The summed E-state index contributed by atoms with van der Waals surface area (Å²) in [6, 6.07) is 22.4. The first kappa shape index (κ1) is 24.9. The predicted octanol–water partition coefficient (Wildman–Crippen LogP) is 2.91. The Balaban J connectivity index is 1.34. The summed E-state index contributed by atoms with van der Waals surface area (Å²) in [6.45, 7) is 0.288. The second-order valence-electron chi connectivity index (χ2n) is 9.17. The maximum atomic E-state index is 13.5. The lowest BCUT2D eigenvalue weighted by atomic mass is 9.93. The quantitative estimate of drug-likeness (QED) is 0.394. The van der Waals surface area contributed by atoms with E-state index in [9.17, 15) is 14.4 Å². The molecule has 3 N–H and O–H groups in total. The highest BCUT2D eigenvalue weighted by atomic mass is 16.6. The smallest absolute Gasteiger partial charge is 0.411 e. The summed E-state index contributed by atoms with van der Waals surface area (Å²) in [5.41, 5.74) is 10.3. The number of ether oxygens (including phenoxy) is 1. The van der Waals surface area contributed by atoms with Crippen LogP contribution in [0.5, 0.6) is 0 Å². The molecule has 1 aromatic heterocycles. The van der Waals surface area contributed by atoms with Crippen LogP contribution in [0.2, 0.25) is 0 Å². The van der Waals surface area contributed by atoms with Crippen molar-refractivity contribution in [1.29, 1.82) is 0 Å². The molecule has 0 saturated heterocycles. The number of amides is 3. The topological polar surface area (TPSA) is 128 Å². The molecular weight excluding hydrogens is 482 g/mol. The van der Waals surface area contributed by atoms with Crippen LogP contribution in [0.15, 0.2) is 85.1 Å². The van der Waals surface area contributed by atoms with Crippen molar-refractivity contribution >= 4 is 28.9 Å². The van der Waals surface area contributed by atoms with Crippen LogP contribution in [-0.4, -0.2) is 44.9 Å². The second-order valence-corrected chi connectivity index (χ2v) is 9.17. The molecule has 3 aromatic carbocycles. The highest BCUT2D eigenvalue weighted by Crippen LogP contribution is 2.25. The van der Waals surface area contributed by atoms with Crippen LogP contribution in [-0.2, 0) is 40.3 Å². The number of para-hydroxylation sites is 2. The molecule has 2 atom stereocenters. The highest BCUT2D eigenvalue weighted by molar-refractivity contribution is 5.91. The van der Waals surface area contributed by atoms with Crippen LogP contribution in [0.4, 0.5) is 4.79 Å². The number of carbonyl (C=O) groups is 3. The zero-order valence-electron chi connectivity index (χ0n) is 20.6. The number of hydrogen-bond donors (Lipinski definition) is 2. The van der Waals surface area contributed by atoms with E-state index in [1.54, 1.807) is 6.20 Å². The zero-order valence-corrected chi connectivity index (χ0v) is 20.6. The first-order valence-corrected chi connectivity index (χ1v) is 12.3. The summed E-state index contributed by atoms with van der Waals surface area (Å²) >= 11 is 0. The monoisotopic (exact) mass is 509 g/mol. The molecule has 2 heterocycles. The summed E-state index contributed by atoms with van der Waals surface area (Å²) in [5, 5.41) is 2.74. The molecule has 1 aliphatic heterocycles. The molecular formula is C29H27N5O4. The Morgan fingerprint density at radius 2 is 1.63 bits per heavy atom. The number of aromatic nitrogens is 2. The molecule has 0 bridgehead atoms.